The first-order chi connectivity index (χ1) is 7.63. The number of thiophene rings is 1. The van der Waals surface area contributed by atoms with Crippen LogP contribution in [0.25, 0.3) is 10.1 Å². The monoisotopic (exact) mass is 231 g/mol. The maximum Gasteiger partial charge on any atom is 0.251 e. The number of anilines is 1. The summed E-state index contributed by atoms with van der Waals surface area (Å²) in [6.45, 7) is 1.75. The van der Waals surface area contributed by atoms with Gasteiger partial charge in [0.25, 0.3) is 5.91 Å². The topological polar surface area (TPSA) is 82.0 Å². The lowest BCUT2D eigenvalue weighted by Crippen LogP contribution is -2.11. The smallest absolute Gasteiger partial charge is 0.251 e. The summed E-state index contributed by atoms with van der Waals surface area (Å²) in [5, 5.41) is 0.735. The molecule has 0 unspecified atom stereocenters. The second-order valence-electron chi connectivity index (χ2n) is 3.15. The third kappa shape index (κ3) is 1.59. The van der Waals surface area contributed by atoms with Crippen molar-refractivity contribution in [2.45, 2.75) is 6.92 Å². The molecule has 0 aliphatic carbocycles. The predicted octanol–water partition coefficient (Wildman–Crippen LogP) is 1.35. The number of amides is 1. The molecule has 80 valence electrons. The third-order valence-corrected chi connectivity index (χ3v) is 3.18. The zero-order chi connectivity index (χ0) is 11.7. The van der Waals surface area contributed by atoms with Crippen LogP contribution in [0.3, 0.4) is 0 Å². The molecule has 0 bridgehead atoms. The average Bonchev–Trinajstić information content (AvgIpc) is 2.62. The van der Waals surface area contributed by atoms with Crippen LogP contribution < -0.4 is 11.5 Å². The fraction of sp³-hybridized carbons (Fsp3) is 0.0909. The summed E-state index contributed by atoms with van der Waals surface area (Å²) in [4.78, 5) is 16.0. The summed E-state index contributed by atoms with van der Waals surface area (Å²) in [6.07, 6.45) is 1.40. The van der Waals surface area contributed by atoms with E-state index in [2.05, 4.69) is 16.8 Å². The number of fused-ring (bicyclic) bond motifs is 1. The molecule has 2 heterocycles. The fourth-order valence-electron chi connectivity index (χ4n) is 1.40. The van der Waals surface area contributed by atoms with Crippen molar-refractivity contribution in [3.05, 3.63) is 22.7 Å². The first kappa shape index (κ1) is 10.5. The van der Waals surface area contributed by atoms with Crippen LogP contribution in [0, 0.1) is 11.8 Å². The van der Waals surface area contributed by atoms with E-state index in [1.165, 1.54) is 17.5 Å². The van der Waals surface area contributed by atoms with Crippen molar-refractivity contribution >= 4 is 33.1 Å². The molecule has 0 aliphatic rings. The Morgan fingerprint density at radius 1 is 1.56 bits per heavy atom. The maximum absolute atomic E-state index is 11.2. The number of nitrogens with two attached hydrogens (primary N) is 2. The molecule has 0 aromatic carbocycles. The van der Waals surface area contributed by atoms with Crippen molar-refractivity contribution < 1.29 is 4.79 Å². The lowest BCUT2D eigenvalue weighted by molar-refractivity contribution is 0.100. The number of primary amides is 1. The number of aromatic nitrogens is 1. The zero-order valence-electron chi connectivity index (χ0n) is 8.57. The Morgan fingerprint density at radius 2 is 2.31 bits per heavy atom. The standard InChI is InChI=1S/C11H9N3OS/c1-2-3-6-4-7-9(16-6)8(11(13)15)5-14-10(7)12/h4-5H,1H3,(H2,12,14)(H2,13,15). The van der Waals surface area contributed by atoms with Gasteiger partial charge in [0.1, 0.15) is 5.82 Å². The van der Waals surface area contributed by atoms with Gasteiger partial charge in [0.05, 0.1) is 15.1 Å². The van der Waals surface area contributed by atoms with Crippen molar-refractivity contribution in [1.29, 1.82) is 0 Å². The first-order valence-corrected chi connectivity index (χ1v) is 5.35. The van der Waals surface area contributed by atoms with Gasteiger partial charge in [-0.25, -0.2) is 4.98 Å². The van der Waals surface area contributed by atoms with Crippen LogP contribution in [0.5, 0.6) is 0 Å². The number of carbonyl (C=O) groups is 1. The number of rotatable bonds is 1. The molecule has 4 nitrogen and oxygen atoms in total. The average molecular weight is 231 g/mol. The summed E-state index contributed by atoms with van der Waals surface area (Å²) in [7, 11) is 0. The van der Waals surface area contributed by atoms with Gasteiger partial charge < -0.3 is 11.5 Å². The lowest BCUT2D eigenvalue weighted by Gasteiger charge is -1.98. The summed E-state index contributed by atoms with van der Waals surface area (Å²) in [5.74, 6) is 5.60. The van der Waals surface area contributed by atoms with E-state index in [1.807, 2.05) is 6.07 Å². The summed E-state index contributed by atoms with van der Waals surface area (Å²) >= 11 is 1.40. The van der Waals surface area contributed by atoms with E-state index in [4.69, 9.17) is 11.5 Å². The molecule has 0 saturated heterocycles. The van der Waals surface area contributed by atoms with Gasteiger partial charge in [-0.2, -0.15) is 0 Å². The van der Waals surface area contributed by atoms with E-state index in [9.17, 15) is 4.79 Å². The molecular formula is C11H9N3OS. The molecule has 4 N–H and O–H groups in total. The second-order valence-corrected chi connectivity index (χ2v) is 4.20. The van der Waals surface area contributed by atoms with Gasteiger partial charge >= 0.3 is 0 Å². The van der Waals surface area contributed by atoms with Crippen LogP contribution in [0.15, 0.2) is 12.3 Å². The minimum Gasteiger partial charge on any atom is -0.383 e. The first-order valence-electron chi connectivity index (χ1n) is 4.54. The number of carbonyl (C=O) groups excluding carboxylic acids is 1. The molecule has 0 aliphatic heterocycles. The van der Waals surface area contributed by atoms with Crippen molar-refractivity contribution in [2.24, 2.45) is 5.73 Å². The highest BCUT2D eigenvalue weighted by molar-refractivity contribution is 7.20. The number of nitrogen functional groups attached to an aromatic ring is 1. The fourth-order valence-corrected chi connectivity index (χ4v) is 2.49. The highest BCUT2D eigenvalue weighted by atomic mass is 32.1. The van der Waals surface area contributed by atoms with Crippen LogP contribution >= 0.6 is 11.3 Å². The maximum atomic E-state index is 11.2. The number of hydrogen-bond acceptors (Lipinski definition) is 4. The Bertz CT molecular complexity index is 634. The Labute approximate surface area is 96.3 Å². The molecule has 2 aromatic heterocycles. The minimum absolute atomic E-state index is 0.387. The van der Waals surface area contributed by atoms with E-state index >= 15 is 0 Å². The molecule has 0 spiro atoms. The predicted molar refractivity (Wildman–Crippen MR) is 65.1 cm³/mol. The van der Waals surface area contributed by atoms with Gasteiger partial charge in [-0.15, -0.1) is 17.3 Å². The van der Waals surface area contributed by atoms with Gasteiger partial charge in [0, 0.05) is 11.6 Å². The van der Waals surface area contributed by atoms with E-state index in [0.29, 0.717) is 11.4 Å². The molecular weight excluding hydrogens is 222 g/mol. The number of hydrogen-bond donors (Lipinski definition) is 2. The zero-order valence-corrected chi connectivity index (χ0v) is 9.39. The molecule has 16 heavy (non-hydrogen) atoms. The van der Waals surface area contributed by atoms with E-state index in [1.54, 1.807) is 6.92 Å². The second kappa shape index (κ2) is 3.83. The quantitative estimate of drug-likeness (QED) is 0.727. The van der Waals surface area contributed by atoms with Crippen LogP contribution in [-0.2, 0) is 0 Å². The van der Waals surface area contributed by atoms with Gasteiger partial charge in [0.2, 0.25) is 0 Å². The van der Waals surface area contributed by atoms with Crippen LogP contribution in [0.4, 0.5) is 5.82 Å². The molecule has 2 rings (SSSR count). The molecule has 1 amide bonds. The van der Waals surface area contributed by atoms with Gasteiger partial charge in [-0.3, -0.25) is 4.79 Å². The normalized spacial score (nSPS) is 9.81. The molecule has 0 atom stereocenters. The van der Waals surface area contributed by atoms with Crippen LogP contribution in [0.2, 0.25) is 0 Å². The Balaban J connectivity index is 2.80. The SMILES string of the molecule is CC#Cc1cc2c(N)ncc(C(N)=O)c2s1. The van der Waals surface area contributed by atoms with Gasteiger partial charge in [0.15, 0.2) is 0 Å². The van der Waals surface area contributed by atoms with Crippen molar-refractivity contribution in [3.63, 3.8) is 0 Å². The Morgan fingerprint density at radius 3 is 2.94 bits per heavy atom. The van der Waals surface area contributed by atoms with Crippen molar-refractivity contribution in [3.8, 4) is 11.8 Å². The third-order valence-electron chi connectivity index (χ3n) is 2.10. The van der Waals surface area contributed by atoms with E-state index < -0.39 is 5.91 Å². The minimum atomic E-state index is -0.504. The van der Waals surface area contributed by atoms with Crippen molar-refractivity contribution in [2.75, 3.05) is 5.73 Å². The highest BCUT2D eigenvalue weighted by Gasteiger charge is 2.12. The highest BCUT2D eigenvalue weighted by Crippen LogP contribution is 2.30. The van der Waals surface area contributed by atoms with E-state index in [-0.39, 0.29) is 0 Å². The largest absolute Gasteiger partial charge is 0.383 e. The molecule has 0 radical (unpaired) electrons. The lowest BCUT2D eigenvalue weighted by atomic mass is 10.2. The molecule has 2 aromatic rings. The number of nitrogens with zero attached hydrogens (tertiary/aromatic N) is 1. The van der Waals surface area contributed by atoms with E-state index in [0.717, 1.165) is 15.0 Å². The van der Waals surface area contributed by atoms with Gasteiger partial charge in [-0.1, -0.05) is 5.92 Å². The molecule has 5 heteroatoms. The Kier molecular flexibility index (Phi) is 2.50. The Hall–Kier alpha value is -2.06. The van der Waals surface area contributed by atoms with Crippen LogP contribution in [-0.4, -0.2) is 10.9 Å². The van der Waals surface area contributed by atoms with Crippen LogP contribution in [0.1, 0.15) is 22.2 Å². The number of pyridine rings is 1. The molecule has 0 fully saturated rings. The summed E-state index contributed by atoms with van der Waals surface area (Å²) in [5.41, 5.74) is 11.4. The summed E-state index contributed by atoms with van der Waals surface area (Å²) < 4.78 is 0.748. The summed E-state index contributed by atoms with van der Waals surface area (Å²) in [6, 6.07) is 1.82. The van der Waals surface area contributed by atoms with Crippen molar-refractivity contribution in [1.82, 2.24) is 4.98 Å². The van der Waals surface area contributed by atoms with Gasteiger partial charge in [-0.05, 0) is 13.0 Å². The molecule has 0 saturated carbocycles.